The first-order valence-corrected chi connectivity index (χ1v) is 8.80. The minimum atomic E-state index is -0.260. The van der Waals surface area contributed by atoms with E-state index in [0.29, 0.717) is 28.0 Å². The van der Waals surface area contributed by atoms with Crippen LogP contribution in [0.15, 0.2) is 39.7 Å². The summed E-state index contributed by atoms with van der Waals surface area (Å²) in [5.41, 5.74) is 1.95. The van der Waals surface area contributed by atoms with Gasteiger partial charge < -0.3 is 4.42 Å². The molecule has 0 N–H and O–H groups in total. The van der Waals surface area contributed by atoms with Gasteiger partial charge in [-0.25, -0.2) is 0 Å². The van der Waals surface area contributed by atoms with Crippen LogP contribution in [0.4, 0.5) is 4.79 Å². The molecular weight excluding hydrogens is 346 g/mol. The van der Waals surface area contributed by atoms with Gasteiger partial charge in [-0.1, -0.05) is 24.6 Å². The van der Waals surface area contributed by atoms with Crippen LogP contribution in [0.1, 0.15) is 24.7 Å². The fraction of sp³-hybridized carbons (Fsp3) is 0.222. The number of carbonyl (C=O) groups is 2. The molecule has 1 aliphatic heterocycles. The zero-order valence-corrected chi connectivity index (χ0v) is 14.9. The van der Waals surface area contributed by atoms with Crippen LogP contribution in [0, 0.1) is 6.92 Å². The summed E-state index contributed by atoms with van der Waals surface area (Å²) in [5, 5.41) is 0.403. The number of aryl methyl sites for hydroxylation is 1. The molecule has 2 heterocycles. The smallest absolute Gasteiger partial charge is 0.293 e. The highest BCUT2D eigenvalue weighted by molar-refractivity contribution is 8.18. The van der Waals surface area contributed by atoms with Crippen LogP contribution >= 0.6 is 23.4 Å². The van der Waals surface area contributed by atoms with E-state index in [1.54, 1.807) is 12.1 Å². The number of imide groups is 1. The number of hydrogen-bond donors (Lipinski definition) is 0. The summed E-state index contributed by atoms with van der Waals surface area (Å²) < 4.78 is 5.82. The lowest BCUT2D eigenvalue weighted by atomic mass is 10.1. The summed E-state index contributed by atoms with van der Waals surface area (Å²) in [4.78, 5) is 25.8. The molecule has 3 rings (SSSR count). The van der Waals surface area contributed by atoms with Gasteiger partial charge in [-0.05, 0) is 54.9 Å². The van der Waals surface area contributed by atoms with Crippen LogP contribution in [0.25, 0.3) is 17.4 Å². The molecular formula is C18H16ClNO3S. The standard InChI is InChI=1S/C18H16ClNO3S/c1-3-8-20-17(21)16(24-18(20)22)10-13-6-7-15(23-13)14-9-12(19)5-4-11(14)2/h4-7,9-10H,3,8H2,1-2H3/b16-10+. The number of halogens is 1. The lowest BCUT2D eigenvalue weighted by molar-refractivity contribution is -0.122. The Morgan fingerprint density at radius 1 is 1.25 bits per heavy atom. The van der Waals surface area contributed by atoms with Crippen molar-refractivity contribution in [1.29, 1.82) is 0 Å². The number of hydrogen-bond acceptors (Lipinski definition) is 4. The van der Waals surface area contributed by atoms with Crippen molar-refractivity contribution in [3.63, 3.8) is 0 Å². The normalized spacial score (nSPS) is 16.5. The van der Waals surface area contributed by atoms with Crippen LogP contribution in [0.3, 0.4) is 0 Å². The second kappa shape index (κ2) is 6.87. The van der Waals surface area contributed by atoms with Gasteiger partial charge in [0.1, 0.15) is 11.5 Å². The number of amides is 2. The first-order valence-electron chi connectivity index (χ1n) is 7.61. The van der Waals surface area contributed by atoms with Crippen molar-refractivity contribution < 1.29 is 14.0 Å². The molecule has 124 valence electrons. The Labute approximate surface area is 149 Å². The fourth-order valence-electron chi connectivity index (χ4n) is 2.48. The molecule has 0 spiro atoms. The molecule has 2 aromatic rings. The summed E-state index contributed by atoms with van der Waals surface area (Å²) >= 11 is 6.99. The Hall–Kier alpha value is -1.98. The molecule has 0 bridgehead atoms. The van der Waals surface area contributed by atoms with E-state index in [4.69, 9.17) is 16.0 Å². The van der Waals surface area contributed by atoms with Crippen LogP contribution < -0.4 is 0 Å². The topological polar surface area (TPSA) is 50.5 Å². The van der Waals surface area contributed by atoms with Gasteiger partial charge >= 0.3 is 0 Å². The Morgan fingerprint density at radius 2 is 2.04 bits per heavy atom. The Bertz CT molecular complexity index is 841. The number of furan rings is 1. The quantitative estimate of drug-likeness (QED) is 0.688. The molecule has 2 amide bonds. The maximum Gasteiger partial charge on any atom is 0.293 e. The van der Waals surface area contributed by atoms with Gasteiger partial charge in [0.25, 0.3) is 11.1 Å². The van der Waals surface area contributed by atoms with Crippen molar-refractivity contribution in [3.8, 4) is 11.3 Å². The largest absolute Gasteiger partial charge is 0.457 e. The SMILES string of the molecule is CCCN1C(=O)S/C(=C/c2ccc(-c3cc(Cl)ccc3C)o2)C1=O. The number of benzene rings is 1. The summed E-state index contributed by atoms with van der Waals surface area (Å²) in [6.45, 7) is 4.34. The highest BCUT2D eigenvalue weighted by atomic mass is 35.5. The van der Waals surface area contributed by atoms with E-state index in [1.807, 2.05) is 38.1 Å². The molecule has 0 saturated carbocycles. The molecule has 24 heavy (non-hydrogen) atoms. The van der Waals surface area contributed by atoms with Crippen molar-refractivity contribution >= 4 is 40.6 Å². The van der Waals surface area contributed by atoms with Crippen molar-refractivity contribution in [3.05, 3.63) is 51.6 Å². The molecule has 6 heteroatoms. The Kier molecular flexibility index (Phi) is 4.83. The van der Waals surface area contributed by atoms with E-state index in [2.05, 4.69) is 0 Å². The number of nitrogens with zero attached hydrogens (tertiary/aromatic N) is 1. The molecule has 1 aromatic heterocycles. The molecule has 1 fully saturated rings. The van der Waals surface area contributed by atoms with Crippen LogP contribution in [0.2, 0.25) is 5.02 Å². The predicted molar refractivity (Wildman–Crippen MR) is 96.9 cm³/mol. The minimum Gasteiger partial charge on any atom is -0.457 e. The zero-order valence-electron chi connectivity index (χ0n) is 13.3. The molecule has 1 saturated heterocycles. The maximum absolute atomic E-state index is 12.2. The highest BCUT2D eigenvalue weighted by Gasteiger charge is 2.34. The van der Waals surface area contributed by atoms with Crippen molar-refractivity contribution in [1.82, 2.24) is 4.90 Å². The Morgan fingerprint density at radius 3 is 2.79 bits per heavy atom. The first-order chi connectivity index (χ1) is 11.5. The summed E-state index contributed by atoms with van der Waals surface area (Å²) in [6.07, 6.45) is 2.36. The summed E-state index contributed by atoms with van der Waals surface area (Å²) in [6, 6.07) is 9.21. The van der Waals surface area contributed by atoms with Gasteiger partial charge in [-0.3, -0.25) is 14.5 Å². The maximum atomic E-state index is 12.2. The van der Waals surface area contributed by atoms with Crippen molar-refractivity contribution in [2.45, 2.75) is 20.3 Å². The fourth-order valence-corrected chi connectivity index (χ4v) is 3.50. The van der Waals surface area contributed by atoms with Gasteiger partial charge in [-0.2, -0.15) is 0 Å². The lowest BCUT2D eigenvalue weighted by Gasteiger charge is -2.09. The average Bonchev–Trinajstić information content (AvgIpc) is 3.11. The lowest BCUT2D eigenvalue weighted by Crippen LogP contribution is -2.28. The molecule has 0 radical (unpaired) electrons. The number of carbonyl (C=O) groups excluding carboxylic acids is 2. The van der Waals surface area contributed by atoms with Gasteiger partial charge in [0.2, 0.25) is 0 Å². The van der Waals surface area contributed by atoms with Crippen molar-refractivity contribution in [2.24, 2.45) is 0 Å². The molecule has 0 atom stereocenters. The number of rotatable bonds is 4. The minimum absolute atomic E-state index is 0.231. The van der Waals surface area contributed by atoms with Crippen LogP contribution in [0.5, 0.6) is 0 Å². The predicted octanol–water partition coefficient (Wildman–Crippen LogP) is 5.35. The Balaban J connectivity index is 1.88. The third-order valence-corrected chi connectivity index (χ3v) is 4.83. The second-order valence-corrected chi connectivity index (χ2v) is 6.92. The van der Waals surface area contributed by atoms with E-state index in [-0.39, 0.29) is 11.1 Å². The second-order valence-electron chi connectivity index (χ2n) is 5.49. The third-order valence-electron chi connectivity index (χ3n) is 3.69. The molecule has 0 unspecified atom stereocenters. The van der Waals surface area contributed by atoms with E-state index in [1.165, 1.54) is 4.90 Å². The zero-order chi connectivity index (χ0) is 17.3. The van der Waals surface area contributed by atoms with Gasteiger partial charge in [-0.15, -0.1) is 0 Å². The van der Waals surface area contributed by atoms with Crippen LogP contribution in [-0.2, 0) is 4.79 Å². The third kappa shape index (κ3) is 3.28. The summed E-state index contributed by atoms with van der Waals surface area (Å²) in [5.74, 6) is 0.948. The first kappa shape index (κ1) is 16.9. The van der Waals surface area contributed by atoms with Crippen LogP contribution in [-0.4, -0.2) is 22.6 Å². The monoisotopic (exact) mass is 361 g/mol. The molecule has 0 aliphatic carbocycles. The number of thioether (sulfide) groups is 1. The van der Waals surface area contributed by atoms with Gasteiger partial charge in [0.15, 0.2) is 0 Å². The summed E-state index contributed by atoms with van der Waals surface area (Å²) in [7, 11) is 0. The van der Waals surface area contributed by atoms with Gasteiger partial charge in [0, 0.05) is 23.2 Å². The highest BCUT2D eigenvalue weighted by Crippen LogP contribution is 2.34. The van der Waals surface area contributed by atoms with Gasteiger partial charge in [0.05, 0.1) is 4.91 Å². The van der Waals surface area contributed by atoms with E-state index in [0.717, 1.165) is 29.3 Å². The molecule has 4 nitrogen and oxygen atoms in total. The van der Waals surface area contributed by atoms with Crippen molar-refractivity contribution in [2.75, 3.05) is 6.54 Å². The average molecular weight is 362 g/mol. The van der Waals surface area contributed by atoms with E-state index >= 15 is 0 Å². The molecule has 1 aliphatic rings. The van der Waals surface area contributed by atoms with E-state index in [9.17, 15) is 9.59 Å². The molecule has 1 aromatic carbocycles. The van der Waals surface area contributed by atoms with E-state index < -0.39 is 0 Å².